The zero-order valence-corrected chi connectivity index (χ0v) is 29.3. The minimum atomic E-state index is -0.798. The summed E-state index contributed by atoms with van der Waals surface area (Å²) in [5.74, 6) is 0.277. The molecule has 3 amide bonds. The molecule has 14 heteroatoms. The van der Waals surface area contributed by atoms with E-state index < -0.39 is 23.2 Å². The molecule has 47 heavy (non-hydrogen) atoms. The van der Waals surface area contributed by atoms with Crippen LogP contribution in [0.15, 0.2) is 47.9 Å². The Labute approximate surface area is 285 Å². The fourth-order valence-corrected chi connectivity index (χ4v) is 5.44. The number of carbonyl (C=O) groups is 3. The average molecular weight is 688 g/mol. The first kappa shape index (κ1) is 35.7. The van der Waals surface area contributed by atoms with Crippen molar-refractivity contribution in [2.24, 2.45) is 0 Å². The lowest BCUT2D eigenvalue weighted by Crippen LogP contribution is -2.55. The van der Waals surface area contributed by atoms with Crippen molar-refractivity contribution in [2.75, 3.05) is 32.1 Å². The summed E-state index contributed by atoms with van der Waals surface area (Å²) in [5, 5.41) is 6.77. The highest BCUT2D eigenvalue weighted by atomic mass is 35.5. The number of nitrogens with one attached hydrogen (secondary N) is 2. The van der Waals surface area contributed by atoms with E-state index in [2.05, 4.69) is 15.6 Å². The van der Waals surface area contributed by atoms with Crippen molar-refractivity contribution in [1.82, 2.24) is 20.1 Å². The number of amides is 3. The lowest BCUT2D eigenvalue weighted by atomic mass is 10.0. The smallest absolute Gasteiger partial charge is 0.417 e. The lowest BCUT2D eigenvalue weighted by molar-refractivity contribution is -0.126. The summed E-state index contributed by atoms with van der Waals surface area (Å²) in [7, 11) is 1.48. The topological polar surface area (TPSA) is 132 Å². The number of ether oxygens (including phenoxy) is 4. The molecular formula is C33H42ClN5O7S. The van der Waals surface area contributed by atoms with Gasteiger partial charge in [0.15, 0.2) is 5.75 Å². The molecule has 0 bridgehead atoms. The van der Waals surface area contributed by atoms with Crippen LogP contribution >= 0.6 is 23.8 Å². The number of nitrogens with zero attached hydrogens (tertiary/aromatic N) is 3. The van der Waals surface area contributed by atoms with E-state index >= 15 is 0 Å². The first-order valence-corrected chi connectivity index (χ1v) is 16.1. The third kappa shape index (κ3) is 9.25. The number of hydrogen-bond acceptors (Lipinski definition) is 10. The number of anilines is 1. The summed E-state index contributed by atoms with van der Waals surface area (Å²) in [6.45, 7) is 11.9. The number of rotatable bonds is 9. The second-order valence-electron chi connectivity index (χ2n) is 13.1. The summed E-state index contributed by atoms with van der Waals surface area (Å²) in [4.78, 5) is 46.4. The van der Waals surface area contributed by atoms with Crippen molar-refractivity contribution in [1.29, 1.82) is 0 Å². The molecule has 1 saturated heterocycles. The first-order valence-electron chi connectivity index (χ1n) is 15.3. The van der Waals surface area contributed by atoms with Gasteiger partial charge in [0.2, 0.25) is 0 Å². The summed E-state index contributed by atoms with van der Waals surface area (Å²) in [5.41, 5.74) is 0.487. The minimum absolute atomic E-state index is 0.0738. The van der Waals surface area contributed by atoms with Gasteiger partial charge in [0, 0.05) is 43.5 Å². The number of para-hydroxylation sites is 1. The summed E-state index contributed by atoms with van der Waals surface area (Å²) >= 11 is 12.0. The van der Waals surface area contributed by atoms with E-state index in [-0.39, 0.29) is 42.4 Å². The van der Waals surface area contributed by atoms with E-state index in [9.17, 15) is 14.4 Å². The highest BCUT2D eigenvalue weighted by molar-refractivity contribution is 7.81. The van der Waals surface area contributed by atoms with Gasteiger partial charge in [-0.05, 0) is 66.2 Å². The maximum Gasteiger partial charge on any atom is 0.417 e. The van der Waals surface area contributed by atoms with Crippen LogP contribution in [0, 0.1) is 0 Å². The van der Waals surface area contributed by atoms with Crippen LogP contribution in [0.1, 0.15) is 59.9 Å². The molecule has 12 nitrogen and oxygen atoms in total. The van der Waals surface area contributed by atoms with Crippen LogP contribution in [0.2, 0.25) is 5.02 Å². The Morgan fingerprint density at radius 2 is 1.77 bits per heavy atom. The lowest BCUT2D eigenvalue weighted by Gasteiger charge is -2.41. The molecule has 1 aromatic carbocycles. The minimum Gasteiger partial charge on any atom is -0.493 e. The van der Waals surface area contributed by atoms with Crippen LogP contribution < -0.4 is 20.1 Å². The average Bonchev–Trinajstić information content (AvgIpc) is 2.94. The summed E-state index contributed by atoms with van der Waals surface area (Å²) < 4.78 is 22.6. The number of carbonyl (C=O) groups excluding carboxylic acids is 3. The SMILES string of the molecule is COc1c(Cl)cccc1NC(=S)C1=C(NCc2ccncc2OC[C@@H]2CCN2C(=O)OC(C)(C)C)CCN(C(=O)OC(C)(C)C)C1=O. The molecule has 2 aliphatic heterocycles. The molecule has 4 rings (SSSR count). The van der Waals surface area contributed by atoms with Gasteiger partial charge < -0.3 is 34.5 Å². The van der Waals surface area contributed by atoms with E-state index in [1.54, 1.807) is 62.3 Å². The highest BCUT2D eigenvalue weighted by Crippen LogP contribution is 2.34. The van der Waals surface area contributed by atoms with Crippen molar-refractivity contribution in [3.63, 3.8) is 0 Å². The molecule has 0 saturated carbocycles. The van der Waals surface area contributed by atoms with Crippen LogP contribution in [0.4, 0.5) is 15.3 Å². The third-order valence-corrected chi connectivity index (χ3v) is 7.78. The van der Waals surface area contributed by atoms with Gasteiger partial charge in [-0.3, -0.25) is 9.78 Å². The predicted octanol–water partition coefficient (Wildman–Crippen LogP) is 6.08. The Hall–Kier alpha value is -4.10. The Kier molecular flexibility index (Phi) is 11.2. The van der Waals surface area contributed by atoms with Crippen molar-refractivity contribution in [3.8, 4) is 11.5 Å². The van der Waals surface area contributed by atoms with Crippen molar-refractivity contribution >= 4 is 52.6 Å². The molecule has 1 aromatic heterocycles. The standard InChI is InChI=1S/C33H42ClN5O7S/c1-32(2,3)45-30(41)38-15-12-21(38)19-44-25-18-35-14-11-20(25)17-36-23-13-16-39(31(42)46-33(4,5)6)29(40)26(23)28(47)37-24-10-8-9-22(34)27(24)43-7/h8-11,14,18,21,36H,12-13,15-17,19H2,1-7H3,(H,37,47)/t21-/m0/s1. The molecule has 2 aliphatic rings. The number of imide groups is 1. The van der Waals surface area contributed by atoms with Gasteiger partial charge in [-0.2, -0.15) is 0 Å². The number of methoxy groups -OCH3 is 1. The Balaban J connectivity index is 1.54. The summed E-state index contributed by atoms with van der Waals surface area (Å²) in [6, 6.07) is 6.80. The number of pyridine rings is 1. The number of hydrogen-bond donors (Lipinski definition) is 2. The molecule has 0 aliphatic carbocycles. The quantitative estimate of drug-likeness (QED) is 0.297. The third-order valence-electron chi connectivity index (χ3n) is 7.17. The Morgan fingerprint density at radius 1 is 1.06 bits per heavy atom. The van der Waals surface area contributed by atoms with Gasteiger partial charge in [-0.15, -0.1) is 0 Å². The molecular weight excluding hydrogens is 646 g/mol. The van der Waals surface area contributed by atoms with Crippen LogP contribution in [-0.4, -0.2) is 81.9 Å². The van der Waals surface area contributed by atoms with E-state index in [4.69, 9.17) is 42.8 Å². The monoisotopic (exact) mass is 687 g/mol. The van der Waals surface area contributed by atoms with E-state index in [1.807, 2.05) is 20.8 Å². The molecule has 1 atom stereocenters. The second-order valence-corrected chi connectivity index (χ2v) is 13.9. The second kappa shape index (κ2) is 14.8. The zero-order valence-electron chi connectivity index (χ0n) is 27.8. The summed E-state index contributed by atoms with van der Waals surface area (Å²) in [6.07, 6.45) is 3.21. The van der Waals surface area contributed by atoms with Crippen LogP contribution in [0.5, 0.6) is 11.5 Å². The van der Waals surface area contributed by atoms with Crippen molar-refractivity contribution in [3.05, 3.63) is 58.5 Å². The van der Waals surface area contributed by atoms with E-state index in [1.165, 1.54) is 7.11 Å². The highest BCUT2D eigenvalue weighted by Gasteiger charge is 2.37. The van der Waals surface area contributed by atoms with Gasteiger partial charge in [-0.1, -0.05) is 29.9 Å². The maximum atomic E-state index is 13.8. The molecule has 3 heterocycles. The van der Waals surface area contributed by atoms with Crippen molar-refractivity contribution < 1.29 is 33.3 Å². The first-order chi connectivity index (χ1) is 22.1. The van der Waals surface area contributed by atoms with E-state index in [0.717, 1.165) is 16.9 Å². The van der Waals surface area contributed by atoms with E-state index in [0.29, 0.717) is 40.9 Å². The fourth-order valence-electron chi connectivity index (χ4n) is 4.86. The molecule has 0 unspecified atom stereocenters. The van der Waals surface area contributed by atoms with Gasteiger partial charge in [-0.25, -0.2) is 14.5 Å². The maximum absolute atomic E-state index is 13.8. The van der Waals surface area contributed by atoms with Gasteiger partial charge in [0.1, 0.15) is 28.5 Å². The van der Waals surface area contributed by atoms with Crippen LogP contribution in [0.25, 0.3) is 0 Å². The Morgan fingerprint density at radius 3 is 2.40 bits per heavy atom. The molecule has 2 aromatic rings. The normalized spacial score (nSPS) is 16.7. The van der Waals surface area contributed by atoms with Crippen LogP contribution in [0.3, 0.4) is 0 Å². The zero-order chi connectivity index (χ0) is 34.5. The molecule has 0 radical (unpaired) electrons. The Bertz CT molecular complexity index is 1550. The number of halogens is 1. The predicted molar refractivity (Wildman–Crippen MR) is 182 cm³/mol. The molecule has 0 spiro atoms. The fraction of sp³-hybridized carbons (Fsp3) is 0.485. The number of benzene rings is 1. The molecule has 254 valence electrons. The van der Waals surface area contributed by atoms with Crippen LogP contribution in [-0.2, 0) is 20.8 Å². The van der Waals surface area contributed by atoms with Gasteiger partial charge in [0.05, 0.1) is 35.6 Å². The van der Waals surface area contributed by atoms with Gasteiger partial charge in [0.25, 0.3) is 5.91 Å². The number of aromatic nitrogens is 1. The number of likely N-dealkylation sites (tertiary alicyclic amines) is 1. The molecule has 2 N–H and O–H groups in total. The van der Waals surface area contributed by atoms with Gasteiger partial charge >= 0.3 is 12.2 Å². The largest absolute Gasteiger partial charge is 0.493 e. The molecule has 1 fully saturated rings. The number of thiocarbonyl (C=S) groups is 1. The van der Waals surface area contributed by atoms with Crippen molar-refractivity contribution in [2.45, 2.75) is 78.2 Å².